The van der Waals surface area contributed by atoms with Crippen LogP contribution in [0.25, 0.3) is 0 Å². The molecular formula is C13H14Cl2. The number of fused-ring (bicyclic) bond motifs is 1. The molecule has 2 aliphatic rings. The van der Waals surface area contributed by atoms with Gasteiger partial charge in [0.15, 0.2) is 0 Å². The Morgan fingerprint density at radius 1 is 1.07 bits per heavy atom. The molecule has 15 heavy (non-hydrogen) atoms. The second-order valence-corrected chi connectivity index (χ2v) is 5.83. The molecule has 2 heteroatoms. The molecule has 2 atom stereocenters. The molecule has 2 saturated carbocycles. The topological polar surface area (TPSA) is 0 Å². The van der Waals surface area contributed by atoms with Gasteiger partial charge >= 0.3 is 0 Å². The van der Waals surface area contributed by atoms with Crippen LogP contribution in [-0.4, -0.2) is 0 Å². The predicted molar refractivity (Wildman–Crippen MR) is 64.7 cm³/mol. The molecular weight excluding hydrogens is 227 g/mol. The van der Waals surface area contributed by atoms with Crippen molar-refractivity contribution in [2.75, 3.05) is 0 Å². The summed E-state index contributed by atoms with van der Waals surface area (Å²) in [4.78, 5) is 0. The molecule has 0 amide bonds. The Morgan fingerprint density at radius 2 is 1.80 bits per heavy atom. The highest BCUT2D eigenvalue weighted by Gasteiger charge is 2.55. The molecule has 0 saturated heterocycles. The lowest BCUT2D eigenvalue weighted by Crippen LogP contribution is -2.14. The molecule has 0 spiro atoms. The van der Waals surface area contributed by atoms with Gasteiger partial charge in [0, 0.05) is 10.0 Å². The van der Waals surface area contributed by atoms with Crippen molar-refractivity contribution in [3.8, 4) is 0 Å². The fourth-order valence-electron chi connectivity index (χ4n) is 3.24. The first-order valence-electron chi connectivity index (χ1n) is 5.67. The Bertz CT molecular complexity index is 379. The average molecular weight is 241 g/mol. The van der Waals surface area contributed by atoms with Crippen LogP contribution < -0.4 is 0 Å². The summed E-state index contributed by atoms with van der Waals surface area (Å²) in [5.41, 5.74) is 1.83. The molecule has 0 nitrogen and oxygen atoms in total. The Morgan fingerprint density at radius 3 is 2.47 bits per heavy atom. The van der Waals surface area contributed by atoms with E-state index in [1.165, 1.54) is 37.7 Å². The number of hydrogen-bond donors (Lipinski definition) is 0. The van der Waals surface area contributed by atoms with Crippen LogP contribution in [0.15, 0.2) is 18.2 Å². The van der Waals surface area contributed by atoms with Gasteiger partial charge in [-0.1, -0.05) is 36.0 Å². The number of rotatable bonds is 1. The highest BCUT2D eigenvalue weighted by Crippen LogP contribution is 2.62. The van der Waals surface area contributed by atoms with Gasteiger partial charge in [-0.25, -0.2) is 0 Å². The van der Waals surface area contributed by atoms with E-state index in [0.717, 1.165) is 16.0 Å². The van der Waals surface area contributed by atoms with Crippen molar-refractivity contribution in [3.63, 3.8) is 0 Å². The largest absolute Gasteiger partial charge is 0.0843 e. The molecule has 0 aliphatic heterocycles. The van der Waals surface area contributed by atoms with Gasteiger partial charge in [-0.2, -0.15) is 0 Å². The summed E-state index contributed by atoms with van der Waals surface area (Å²) in [7, 11) is 0. The van der Waals surface area contributed by atoms with Crippen LogP contribution >= 0.6 is 23.2 Å². The lowest BCUT2D eigenvalue weighted by atomic mass is 9.83. The summed E-state index contributed by atoms with van der Waals surface area (Å²) >= 11 is 12.1. The zero-order chi connectivity index (χ0) is 10.5. The Labute approximate surface area is 101 Å². The molecule has 0 bridgehead atoms. The first-order valence-corrected chi connectivity index (χ1v) is 6.43. The van der Waals surface area contributed by atoms with E-state index in [9.17, 15) is 0 Å². The van der Waals surface area contributed by atoms with Crippen molar-refractivity contribution < 1.29 is 0 Å². The summed E-state index contributed by atoms with van der Waals surface area (Å²) in [5.74, 6) is 0.904. The smallest absolute Gasteiger partial charge is 0.0423 e. The third kappa shape index (κ3) is 1.59. The molecule has 0 heterocycles. The van der Waals surface area contributed by atoms with Crippen LogP contribution in [0.4, 0.5) is 0 Å². The van der Waals surface area contributed by atoms with Crippen LogP contribution in [0.3, 0.4) is 0 Å². The van der Waals surface area contributed by atoms with Gasteiger partial charge in [0.1, 0.15) is 0 Å². The molecule has 0 aromatic heterocycles. The van der Waals surface area contributed by atoms with E-state index in [2.05, 4.69) is 12.1 Å². The van der Waals surface area contributed by atoms with Crippen molar-refractivity contribution in [1.29, 1.82) is 0 Å². The molecule has 3 rings (SSSR count). The average Bonchev–Trinajstić information content (AvgIpc) is 2.91. The molecule has 1 unspecified atom stereocenters. The zero-order valence-corrected chi connectivity index (χ0v) is 10.1. The van der Waals surface area contributed by atoms with E-state index in [1.54, 1.807) is 0 Å². The minimum atomic E-state index is 0.451. The molecule has 1 aromatic rings. The molecule has 2 aliphatic carbocycles. The van der Waals surface area contributed by atoms with Gasteiger partial charge in [0.2, 0.25) is 0 Å². The number of hydrogen-bond acceptors (Lipinski definition) is 0. The first-order chi connectivity index (χ1) is 7.21. The lowest BCUT2D eigenvalue weighted by molar-refractivity contribution is 0.428. The summed E-state index contributed by atoms with van der Waals surface area (Å²) in [6.07, 6.45) is 6.84. The van der Waals surface area contributed by atoms with Crippen LogP contribution in [0.1, 0.15) is 37.7 Å². The van der Waals surface area contributed by atoms with E-state index >= 15 is 0 Å². The third-order valence-electron chi connectivity index (χ3n) is 4.09. The summed E-state index contributed by atoms with van der Waals surface area (Å²) < 4.78 is 0. The van der Waals surface area contributed by atoms with Crippen molar-refractivity contribution >= 4 is 23.2 Å². The van der Waals surface area contributed by atoms with Gasteiger partial charge in [-0.05, 0) is 54.4 Å². The highest BCUT2D eigenvalue weighted by molar-refractivity contribution is 6.34. The maximum absolute atomic E-state index is 6.07. The predicted octanol–water partition coefficient (Wildman–Crippen LogP) is 4.83. The van der Waals surface area contributed by atoms with Gasteiger partial charge in [0.25, 0.3) is 0 Å². The van der Waals surface area contributed by atoms with Crippen molar-refractivity contribution in [2.45, 2.75) is 37.5 Å². The van der Waals surface area contributed by atoms with Gasteiger partial charge in [0.05, 0.1) is 0 Å². The molecule has 2 fully saturated rings. The second-order valence-electron chi connectivity index (χ2n) is 4.96. The third-order valence-corrected chi connectivity index (χ3v) is 4.53. The van der Waals surface area contributed by atoms with Gasteiger partial charge in [-0.15, -0.1) is 0 Å². The van der Waals surface area contributed by atoms with Gasteiger partial charge < -0.3 is 0 Å². The fourth-order valence-corrected chi connectivity index (χ4v) is 3.76. The van der Waals surface area contributed by atoms with Crippen LogP contribution in [0.2, 0.25) is 10.0 Å². The van der Waals surface area contributed by atoms with E-state index < -0.39 is 0 Å². The highest BCUT2D eigenvalue weighted by atomic mass is 35.5. The fraction of sp³-hybridized carbons (Fsp3) is 0.538. The van der Waals surface area contributed by atoms with Crippen molar-refractivity contribution in [2.24, 2.45) is 5.92 Å². The quantitative estimate of drug-likeness (QED) is 0.660. The Kier molecular flexibility index (Phi) is 2.26. The summed E-state index contributed by atoms with van der Waals surface area (Å²) in [5, 5.41) is 1.56. The van der Waals surface area contributed by atoms with Crippen LogP contribution in [0, 0.1) is 5.92 Å². The minimum Gasteiger partial charge on any atom is -0.0843 e. The Hall–Kier alpha value is -0.200. The van der Waals surface area contributed by atoms with E-state index in [-0.39, 0.29) is 0 Å². The second kappa shape index (κ2) is 3.40. The monoisotopic (exact) mass is 240 g/mol. The molecule has 1 aromatic carbocycles. The molecule has 0 N–H and O–H groups in total. The molecule has 0 radical (unpaired) electrons. The minimum absolute atomic E-state index is 0.451. The summed E-state index contributed by atoms with van der Waals surface area (Å²) in [6.45, 7) is 0. The first kappa shape index (κ1) is 9.99. The van der Waals surface area contributed by atoms with Gasteiger partial charge in [-0.3, -0.25) is 0 Å². The standard InChI is InChI=1S/C13H14Cl2/c14-11-5-10(6-12(15)7-11)13-4-2-1-3-9(13)8-13/h5-7,9H,1-4,8H2/t9?,13-/m1/s1. The van der Waals surface area contributed by atoms with E-state index in [4.69, 9.17) is 23.2 Å². The zero-order valence-electron chi connectivity index (χ0n) is 8.60. The maximum Gasteiger partial charge on any atom is 0.0423 e. The Balaban J connectivity index is 1.99. The SMILES string of the molecule is Clc1cc(Cl)cc([C@@]23CCCCC2C3)c1. The maximum atomic E-state index is 6.07. The number of halogens is 2. The van der Waals surface area contributed by atoms with Crippen LogP contribution in [-0.2, 0) is 5.41 Å². The van der Waals surface area contributed by atoms with Crippen molar-refractivity contribution in [3.05, 3.63) is 33.8 Å². The molecule has 80 valence electrons. The number of benzene rings is 1. The van der Waals surface area contributed by atoms with E-state index in [1.807, 2.05) is 6.07 Å². The van der Waals surface area contributed by atoms with E-state index in [0.29, 0.717) is 5.41 Å². The summed E-state index contributed by atoms with van der Waals surface area (Å²) in [6, 6.07) is 6.04. The van der Waals surface area contributed by atoms with Crippen molar-refractivity contribution in [1.82, 2.24) is 0 Å². The lowest BCUT2D eigenvalue weighted by Gasteiger charge is -2.22. The van der Waals surface area contributed by atoms with Crippen LogP contribution in [0.5, 0.6) is 0 Å². The normalized spacial score (nSPS) is 33.6.